The molecule has 1 heterocycles. The van der Waals surface area contributed by atoms with E-state index in [0.29, 0.717) is 27.7 Å². The Hall–Kier alpha value is -2.37. The maximum atomic E-state index is 12.5. The van der Waals surface area contributed by atoms with Gasteiger partial charge in [0.05, 0.1) is 17.3 Å². The Morgan fingerprint density at radius 3 is 2.96 bits per heavy atom. The largest absolute Gasteiger partial charge is 0.497 e. The standard InChI is InChI=1S/C18H15ClN2O2S/c1-3-9-21-15-8-7-13(19)11-16(15)24-18(21)20-17(22)12-5-4-6-14(10-12)23-2/h3-8,10-11H,1,9H2,2H3. The van der Waals surface area contributed by atoms with Crippen LogP contribution in [0.4, 0.5) is 0 Å². The molecule has 2 aromatic carbocycles. The van der Waals surface area contributed by atoms with Gasteiger partial charge in [0.1, 0.15) is 5.75 Å². The van der Waals surface area contributed by atoms with E-state index in [1.807, 2.05) is 22.8 Å². The minimum absolute atomic E-state index is 0.315. The van der Waals surface area contributed by atoms with Crippen molar-refractivity contribution in [2.24, 2.45) is 4.99 Å². The van der Waals surface area contributed by atoms with Gasteiger partial charge in [-0.3, -0.25) is 4.79 Å². The topological polar surface area (TPSA) is 43.6 Å². The van der Waals surface area contributed by atoms with Crippen LogP contribution in [-0.2, 0) is 6.54 Å². The molecule has 0 saturated carbocycles. The predicted octanol–water partition coefficient (Wildman–Crippen LogP) is 4.29. The molecule has 0 fully saturated rings. The van der Waals surface area contributed by atoms with E-state index in [1.165, 1.54) is 11.3 Å². The molecule has 3 aromatic rings. The van der Waals surface area contributed by atoms with Crippen LogP contribution in [0.2, 0.25) is 5.02 Å². The van der Waals surface area contributed by atoms with Crippen LogP contribution in [-0.4, -0.2) is 17.6 Å². The molecule has 0 bridgehead atoms. The fourth-order valence-electron chi connectivity index (χ4n) is 2.35. The Morgan fingerprint density at radius 1 is 1.38 bits per heavy atom. The van der Waals surface area contributed by atoms with Crippen molar-refractivity contribution >= 4 is 39.1 Å². The van der Waals surface area contributed by atoms with E-state index in [1.54, 1.807) is 37.5 Å². The highest BCUT2D eigenvalue weighted by atomic mass is 35.5. The number of thiazole rings is 1. The summed E-state index contributed by atoms with van der Waals surface area (Å²) in [7, 11) is 1.56. The van der Waals surface area contributed by atoms with Crippen molar-refractivity contribution in [1.29, 1.82) is 0 Å². The molecule has 0 aliphatic carbocycles. The number of fused-ring (bicyclic) bond motifs is 1. The number of hydrogen-bond acceptors (Lipinski definition) is 3. The van der Waals surface area contributed by atoms with Crippen molar-refractivity contribution in [3.8, 4) is 5.75 Å². The van der Waals surface area contributed by atoms with Gasteiger partial charge in [0.25, 0.3) is 5.91 Å². The highest BCUT2D eigenvalue weighted by molar-refractivity contribution is 7.16. The minimum atomic E-state index is -0.315. The molecular formula is C18H15ClN2O2S. The molecule has 1 amide bonds. The average Bonchev–Trinajstić information content (AvgIpc) is 2.91. The van der Waals surface area contributed by atoms with Crippen molar-refractivity contribution in [1.82, 2.24) is 4.57 Å². The van der Waals surface area contributed by atoms with Crippen LogP contribution in [0.25, 0.3) is 10.2 Å². The Kier molecular flexibility index (Phi) is 4.83. The number of carbonyl (C=O) groups is 1. The molecule has 6 heteroatoms. The number of allylic oxidation sites excluding steroid dienone is 1. The molecule has 0 saturated heterocycles. The first-order valence-corrected chi connectivity index (χ1v) is 8.44. The van der Waals surface area contributed by atoms with Crippen molar-refractivity contribution in [3.05, 3.63) is 70.5 Å². The number of amides is 1. The number of nitrogens with zero attached hydrogens (tertiary/aromatic N) is 2. The number of rotatable bonds is 4. The predicted molar refractivity (Wildman–Crippen MR) is 97.9 cm³/mol. The lowest BCUT2D eigenvalue weighted by molar-refractivity contribution is 0.0997. The number of carbonyl (C=O) groups excluding carboxylic acids is 1. The van der Waals surface area contributed by atoms with E-state index in [0.717, 1.165) is 10.2 Å². The van der Waals surface area contributed by atoms with Crippen LogP contribution < -0.4 is 9.54 Å². The van der Waals surface area contributed by atoms with Crippen LogP contribution in [0.3, 0.4) is 0 Å². The third kappa shape index (κ3) is 3.27. The second kappa shape index (κ2) is 7.03. The first kappa shape index (κ1) is 16.5. The van der Waals surface area contributed by atoms with E-state index in [-0.39, 0.29) is 5.91 Å². The molecular weight excluding hydrogens is 344 g/mol. The molecule has 0 radical (unpaired) electrons. The van der Waals surface area contributed by atoms with Crippen LogP contribution >= 0.6 is 22.9 Å². The lowest BCUT2D eigenvalue weighted by Gasteiger charge is -2.02. The first-order valence-electron chi connectivity index (χ1n) is 7.25. The highest BCUT2D eigenvalue weighted by Gasteiger charge is 2.09. The summed E-state index contributed by atoms with van der Waals surface area (Å²) in [4.78, 5) is 17.4. The summed E-state index contributed by atoms with van der Waals surface area (Å²) in [5, 5.41) is 0.653. The number of aromatic nitrogens is 1. The monoisotopic (exact) mass is 358 g/mol. The molecule has 0 spiro atoms. The van der Waals surface area contributed by atoms with Crippen LogP contribution in [0.5, 0.6) is 5.75 Å². The van der Waals surface area contributed by atoms with Crippen LogP contribution in [0, 0.1) is 0 Å². The zero-order valence-electron chi connectivity index (χ0n) is 13.0. The van der Waals surface area contributed by atoms with E-state index in [2.05, 4.69) is 11.6 Å². The molecule has 0 unspecified atom stereocenters. The van der Waals surface area contributed by atoms with E-state index >= 15 is 0 Å². The Balaban J connectivity index is 2.12. The van der Waals surface area contributed by atoms with Crippen molar-refractivity contribution in [3.63, 3.8) is 0 Å². The van der Waals surface area contributed by atoms with Crippen LogP contribution in [0.1, 0.15) is 10.4 Å². The number of halogens is 1. The highest BCUT2D eigenvalue weighted by Crippen LogP contribution is 2.22. The molecule has 0 N–H and O–H groups in total. The van der Waals surface area contributed by atoms with Crippen molar-refractivity contribution < 1.29 is 9.53 Å². The van der Waals surface area contributed by atoms with E-state index in [4.69, 9.17) is 16.3 Å². The SMILES string of the molecule is C=CCn1c(=NC(=O)c2cccc(OC)c2)sc2cc(Cl)ccc21. The second-order valence-corrected chi connectivity index (χ2v) is 6.49. The van der Waals surface area contributed by atoms with E-state index < -0.39 is 0 Å². The summed E-state index contributed by atoms with van der Waals surface area (Å²) < 4.78 is 8.07. The van der Waals surface area contributed by atoms with Gasteiger partial charge in [-0.2, -0.15) is 4.99 Å². The quantitative estimate of drug-likeness (QED) is 0.653. The van der Waals surface area contributed by atoms with Gasteiger partial charge in [-0.1, -0.05) is 35.1 Å². The molecule has 3 rings (SSSR count). The van der Waals surface area contributed by atoms with Gasteiger partial charge in [-0.15, -0.1) is 6.58 Å². The Labute approximate surface area is 148 Å². The molecule has 122 valence electrons. The number of benzene rings is 2. The van der Waals surface area contributed by atoms with Crippen LogP contribution in [0.15, 0.2) is 60.1 Å². The number of ether oxygens (including phenoxy) is 1. The fourth-order valence-corrected chi connectivity index (χ4v) is 3.66. The van der Waals surface area contributed by atoms with Crippen molar-refractivity contribution in [2.75, 3.05) is 7.11 Å². The summed E-state index contributed by atoms with van der Waals surface area (Å²) in [6.45, 7) is 4.34. The van der Waals surface area contributed by atoms with Gasteiger partial charge in [-0.05, 0) is 36.4 Å². The van der Waals surface area contributed by atoms with E-state index in [9.17, 15) is 4.79 Å². The Morgan fingerprint density at radius 2 is 2.21 bits per heavy atom. The molecule has 0 aliphatic rings. The third-order valence-electron chi connectivity index (χ3n) is 3.47. The zero-order valence-corrected chi connectivity index (χ0v) is 14.6. The molecule has 1 aromatic heterocycles. The lowest BCUT2D eigenvalue weighted by atomic mass is 10.2. The average molecular weight is 359 g/mol. The van der Waals surface area contributed by atoms with Gasteiger partial charge in [0.2, 0.25) is 0 Å². The number of hydrogen-bond donors (Lipinski definition) is 0. The summed E-state index contributed by atoms with van der Waals surface area (Å²) >= 11 is 7.48. The Bertz CT molecular complexity index is 988. The smallest absolute Gasteiger partial charge is 0.279 e. The fraction of sp³-hybridized carbons (Fsp3) is 0.111. The van der Waals surface area contributed by atoms with Gasteiger partial charge in [0, 0.05) is 17.1 Å². The normalized spacial score (nSPS) is 11.7. The molecule has 24 heavy (non-hydrogen) atoms. The summed E-state index contributed by atoms with van der Waals surface area (Å²) in [5.41, 5.74) is 1.46. The second-order valence-electron chi connectivity index (χ2n) is 5.04. The number of methoxy groups -OCH3 is 1. The van der Waals surface area contributed by atoms with Gasteiger partial charge < -0.3 is 9.30 Å². The zero-order chi connectivity index (χ0) is 17.1. The first-order chi connectivity index (χ1) is 11.6. The lowest BCUT2D eigenvalue weighted by Crippen LogP contribution is -2.16. The summed E-state index contributed by atoms with van der Waals surface area (Å²) in [6.07, 6.45) is 1.77. The van der Waals surface area contributed by atoms with Gasteiger partial charge in [-0.25, -0.2) is 0 Å². The third-order valence-corrected chi connectivity index (χ3v) is 4.75. The van der Waals surface area contributed by atoms with Gasteiger partial charge in [0.15, 0.2) is 4.80 Å². The molecule has 0 aliphatic heterocycles. The molecule has 0 atom stereocenters. The minimum Gasteiger partial charge on any atom is -0.497 e. The summed E-state index contributed by atoms with van der Waals surface area (Å²) in [6, 6.07) is 12.6. The van der Waals surface area contributed by atoms with Crippen molar-refractivity contribution in [2.45, 2.75) is 6.54 Å². The maximum Gasteiger partial charge on any atom is 0.279 e. The molecule has 4 nitrogen and oxygen atoms in total. The maximum absolute atomic E-state index is 12.5. The summed E-state index contributed by atoms with van der Waals surface area (Å²) in [5.74, 6) is 0.308. The van der Waals surface area contributed by atoms with Gasteiger partial charge >= 0.3 is 0 Å².